The quantitative estimate of drug-likeness (QED) is 0.347. The molecule has 3 aromatic rings. The fourth-order valence-corrected chi connectivity index (χ4v) is 3.56. The minimum absolute atomic E-state index is 0. The third-order valence-electron chi connectivity index (χ3n) is 4.97. The molecule has 1 saturated heterocycles. The number of rotatable bonds is 4. The molecule has 0 amide bonds. The number of halogens is 1. The molecule has 6 nitrogen and oxygen atoms in total. The minimum Gasteiger partial charge on any atom is -0.352 e. The van der Waals surface area contributed by atoms with Gasteiger partial charge in [-0.05, 0) is 35.7 Å². The van der Waals surface area contributed by atoms with Crippen LogP contribution in [0, 0.1) is 0 Å². The fourth-order valence-electron chi connectivity index (χ4n) is 3.56. The highest BCUT2D eigenvalue weighted by Crippen LogP contribution is 2.26. The number of nitrogens with zero attached hydrogens (tertiary/aromatic N) is 5. The number of aliphatic imine (C=N–C) groups is 1. The van der Waals surface area contributed by atoms with E-state index in [1.807, 2.05) is 37.6 Å². The summed E-state index contributed by atoms with van der Waals surface area (Å²) in [6, 6.07) is 16.7. The Labute approximate surface area is 182 Å². The number of nitrogens with one attached hydrogen (secondary N) is 1. The van der Waals surface area contributed by atoms with Crippen LogP contribution in [0.5, 0.6) is 0 Å². The summed E-state index contributed by atoms with van der Waals surface area (Å²) >= 11 is 0. The van der Waals surface area contributed by atoms with E-state index < -0.39 is 0 Å². The molecular weight excluding hydrogens is 463 g/mol. The van der Waals surface area contributed by atoms with Crippen molar-refractivity contribution in [1.82, 2.24) is 25.0 Å². The topological polar surface area (TPSA) is 58.3 Å². The number of benzene rings is 1. The van der Waals surface area contributed by atoms with E-state index in [9.17, 15) is 0 Å². The lowest BCUT2D eigenvalue weighted by atomic mass is 9.99. The summed E-state index contributed by atoms with van der Waals surface area (Å²) in [5, 5.41) is 7.73. The van der Waals surface area contributed by atoms with Gasteiger partial charge in [0.2, 0.25) is 0 Å². The van der Waals surface area contributed by atoms with Crippen LogP contribution in [0.25, 0.3) is 5.82 Å². The highest BCUT2D eigenvalue weighted by Gasteiger charge is 2.25. The molecule has 4 rings (SSSR count). The van der Waals surface area contributed by atoms with Crippen molar-refractivity contribution in [2.75, 3.05) is 20.1 Å². The number of hydrogen-bond acceptors (Lipinski definition) is 3. The second-order valence-electron chi connectivity index (χ2n) is 6.72. The number of guanidine groups is 1. The molecule has 2 aromatic heterocycles. The maximum atomic E-state index is 4.48. The van der Waals surface area contributed by atoms with Gasteiger partial charge >= 0.3 is 0 Å². The predicted molar refractivity (Wildman–Crippen MR) is 122 cm³/mol. The van der Waals surface area contributed by atoms with Crippen LogP contribution in [0.4, 0.5) is 0 Å². The molecule has 146 valence electrons. The van der Waals surface area contributed by atoms with Crippen LogP contribution in [0.2, 0.25) is 0 Å². The lowest BCUT2D eigenvalue weighted by molar-refractivity contribution is 0.486. The molecule has 7 heteroatoms. The van der Waals surface area contributed by atoms with Crippen molar-refractivity contribution in [1.29, 1.82) is 0 Å². The Morgan fingerprint density at radius 3 is 2.79 bits per heavy atom. The average molecular weight is 488 g/mol. The first-order chi connectivity index (χ1) is 13.3. The second kappa shape index (κ2) is 9.68. The van der Waals surface area contributed by atoms with E-state index in [0.717, 1.165) is 36.9 Å². The fraction of sp³-hybridized carbons (Fsp3) is 0.286. The molecule has 0 bridgehead atoms. The zero-order valence-electron chi connectivity index (χ0n) is 15.9. The molecule has 1 aliphatic heterocycles. The Hall–Kier alpha value is -2.42. The zero-order valence-corrected chi connectivity index (χ0v) is 18.2. The van der Waals surface area contributed by atoms with Crippen LogP contribution in [-0.2, 0) is 6.54 Å². The molecule has 1 fully saturated rings. The Kier molecular flexibility index (Phi) is 7.02. The van der Waals surface area contributed by atoms with Gasteiger partial charge in [-0.2, -0.15) is 5.10 Å². The van der Waals surface area contributed by atoms with Crippen LogP contribution in [0.15, 0.2) is 72.1 Å². The van der Waals surface area contributed by atoms with Gasteiger partial charge in [-0.3, -0.25) is 4.99 Å². The molecule has 0 aliphatic carbocycles. The lowest BCUT2D eigenvalue weighted by Crippen LogP contribution is -2.39. The maximum absolute atomic E-state index is 4.48. The Morgan fingerprint density at radius 2 is 2.04 bits per heavy atom. The first-order valence-electron chi connectivity index (χ1n) is 9.29. The lowest BCUT2D eigenvalue weighted by Gasteiger charge is -2.22. The predicted octanol–water partition coefficient (Wildman–Crippen LogP) is 3.45. The van der Waals surface area contributed by atoms with Crippen LogP contribution >= 0.6 is 24.0 Å². The number of aromatic nitrogens is 3. The van der Waals surface area contributed by atoms with E-state index in [-0.39, 0.29) is 24.0 Å². The van der Waals surface area contributed by atoms with Gasteiger partial charge in [0.25, 0.3) is 0 Å². The normalized spacial score (nSPS) is 16.7. The van der Waals surface area contributed by atoms with Crippen molar-refractivity contribution in [2.24, 2.45) is 4.99 Å². The van der Waals surface area contributed by atoms with Gasteiger partial charge in [-0.1, -0.05) is 30.3 Å². The molecule has 28 heavy (non-hydrogen) atoms. The molecule has 3 heterocycles. The third kappa shape index (κ3) is 4.70. The van der Waals surface area contributed by atoms with Crippen LogP contribution in [0.3, 0.4) is 0 Å². The van der Waals surface area contributed by atoms with E-state index in [2.05, 4.69) is 55.6 Å². The first kappa shape index (κ1) is 20.3. The summed E-state index contributed by atoms with van der Waals surface area (Å²) in [4.78, 5) is 11.2. The molecular formula is C21H25IN6. The van der Waals surface area contributed by atoms with Gasteiger partial charge in [0, 0.05) is 51.2 Å². The largest absolute Gasteiger partial charge is 0.352 e. The van der Waals surface area contributed by atoms with Crippen molar-refractivity contribution in [3.05, 3.63) is 78.2 Å². The van der Waals surface area contributed by atoms with Gasteiger partial charge in [-0.15, -0.1) is 24.0 Å². The second-order valence-corrected chi connectivity index (χ2v) is 6.72. The Balaban J connectivity index is 0.00000225. The summed E-state index contributed by atoms with van der Waals surface area (Å²) in [5.41, 5.74) is 2.56. The van der Waals surface area contributed by atoms with Crippen molar-refractivity contribution in [2.45, 2.75) is 18.9 Å². The van der Waals surface area contributed by atoms with Crippen molar-refractivity contribution in [3.63, 3.8) is 0 Å². The monoisotopic (exact) mass is 488 g/mol. The highest BCUT2D eigenvalue weighted by molar-refractivity contribution is 14.0. The van der Waals surface area contributed by atoms with Gasteiger partial charge in [0.1, 0.15) is 0 Å². The van der Waals surface area contributed by atoms with E-state index in [0.29, 0.717) is 12.5 Å². The Morgan fingerprint density at radius 1 is 1.18 bits per heavy atom. The number of hydrogen-bond donors (Lipinski definition) is 1. The Bertz CT molecular complexity index is 894. The summed E-state index contributed by atoms with van der Waals surface area (Å²) in [6.07, 6.45) is 6.62. The van der Waals surface area contributed by atoms with Crippen LogP contribution in [0.1, 0.15) is 23.5 Å². The summed E-state index contributed by atoms with van der Waals surface area (Å²) < 4.78 is 1.77. The highest BCUT2D eigenvalue weighted by atomic mass is 127. The molecule has 1 unspecified atom stereocenters. The van der Waals surface area contributed by atoms with Gasteiger partial charge in [0.05, 0.1) is 0 Å². The standard InChI is InChI=1S/C21H24N6.HI/c1-22-21(26-13-9-19(16-26)18-6-3-2-4-7-18)24-15-17-8-11-23-20(14-17)27-12-5-10-25-27;/h2-8,10-12,14,19H,9,13,15-16H2,1H3,(H,22,24);1H. The van der Waals surface area contributed by atoms with Crippen molar-refractivity contribution >= 4 is 29.9 Å². The zero-order chi connectivity index (χ0) is 18.5. The van der Waals surface area contributed by atoms with Gasteiger partial charge in [-0.25, -0.2) is 9.67 Å². The summed E-state index contributed by atoms with van der Waals surface area (Å²) in [5.74, 6) is 2.34. The third-order valence-corrected chi connectivity index (χ3v) is 4.97. The maximum Gasteiger partial charge on any atom is 0.193 e. The van der Waals surface area contributed by atoms with Crippen LogP contribution < -0.4 is 5.32 Å². The van der Waals surface area contributed by atoms with Crippen molar-refractivity contribution in [3.8, 4) is 5.82 Å². The minimum atomic E-state index is 0. The van der Waals surface area contributed by atoms with E-state index in [1.54, 1.807) is 10.9 Å². The summed E-state index contributed by atoms with van der Waals surface area (Å²) in [7, 11) is 1.85. The van der Waals surface area contributed by atoms with Gasteiger partial charge < -0.3 is 10.2 Å². The molecule has 0 spiro atoms. The SMILES string of the molecule is CN=C(NCc1ccnc(-n2cccn2)c1)N1CCC(c2ccccc2)C1.I. The van der Waals surface area contributed by atoms with E-state index in [1.165, 1.54) is 5.56 Å². The number of pyridine rings is 1. The average Bonchev–Trinajstić information content (AvgIpc) is 3.42. The smallest absolute Gasteiger partial charge is 0.193 e. The molecule has 0 saturated carbocycles. The van der Waals surface area contributed by atoms with Gasteiger partial charge in [0.15, 0.2) is 11.8 Å². The first-order valence-corrected chi connectivity index (χ1v) is 9.29. The molecule has 1 aliphatic rings. The van der Waals surface area contributed by atoms with E-state index >= 15 is 0 Å². The van der Waals surface area contributed by atoms with Crippen LogP contribution in [-0.4, -0.2) is 45.8 Å². The molecule has 1 atom stereocenters. The van der Waals surface area contributed by atoms with E-state index in [4.69, 9.17) is 0 Å². The molecule has 1 N–H and O–H groups in total. The summed E-state index contributed by atoms with van der Waals surface area (Å²) in [6.45, 7) is 2.72. The molecule has 0 radical (unpaired) electrons. The van der Waals surface area contributed by atoms with Crippen molar-refractivity contribution < 1.29 is 0 Å². The number of likely N-dealkylation sites (tertiary alicyclic amines) is 1. The molecule has 1 aromatic carbocycles.